The number of carbonyl (C=O) groups excluding carboxylic acids is 2. The fourth-order valence-electron chi connectivity index (χ4n) is 6.32. The van der Waals surface area contributed by atoms with Gasteiger partial charge in [-0.05, 0) is 56.1 Å². The topological polar surface area (TPSA) is 95.3 Å². The number of H-pyrrole nitrogens is 1. The number of likely N-dealkylation sites (tertiary alicyclic amines) is 2. The Bertz CT molecular complexity index is 1130. The van der Waals surface area contributed by atoms with Gasteiger partial charge in [-0.1, -0.05) is 18.2 Å². The van der Waals surface area contributed by atoms with Crippen LogP contribution in [0.15, 0.2) is 30.5 Å². The van der Waals surface area contributed by atoms with Crippen molar-refractivity contribution in [1.29, 1.82) is 0 Å². The molecule has 2 aliphatic heterocycles. The number of aromatic amines is 1. The first-order valence-corrected chi connectivity index (χ1v) is 12.7. The average molecular weight is 540 g/mol. The molecule has 2 saturated heterocycles. The first kappa shape index (κ1) is 27.4. The van der Waals surface area contributed by atoms with Gasteiger partial charge in [-0.2, -0.15) is 18.3 Å². The van der Waals surface area contributed by atoms with Crippen LogP contribution in [0.1, 0.15) is 78.2 Å². The molecule has 0 radical (unpaired) electrons. The summed E-state index contributed by atoms with van der Waals surface area (Å²) < 4.78 is 41.1. The largest absolute Gasteiger partial charge is 0.416 e. The van der Waals surface area contributed by atoms with Gasteiger partial charge >= 0.3 is 6.18 Å². The molecule has 11 heteroatoms. The lowest BCUT2D eigenvalue weighted by molar-refractivity contribution is -0.138. The van der Waals surface area contributed by atoms with Gasteiger partial charge in [-0.25, -0.2) is 0 Å². The van der Waals surface area contributed by atoms with E-state index in [-0.39, 0.29) is 35.2 Å². The lowest BCUT2D eigenvalue weighted by Gasteiger charge is -2.36. The first-order valence-electron chi connectivity index (χ1n) is 12.7. The van der Waals surface area contributed by atoms with E-state index in [1.165, 1.54) is 18.3 Å². The molecule has 5 rings (SSSR count). The highest BCUT2D eigenvalue weighted by Gasteiger charge is 2.54. The number of hydrogen-bond acceptors (Lipinski definition) is 4. The van der Waals surface area contributed by atoms with Crippen LogP contribution in [0.2, 0.25) is 0 Å². The van der Waals surface area contributed by atoms with E-state index in [1.54, 1.807) is 11.0 Å². The lowest BCUT2D eigenvalue weighted by atomic mass is 9.78. The molecule has 0 spiro atoms. The number of hydrogen-bond donors (Lipinski definition) is 2. The monoisotopic (exact) mass is 539 g/mol. The number of piperidine rings is 1. The predicted molar refractivity (Wildman–Crippen MR) is 134 cm³/mol. The van der Waals surface area contributed by atoms with Gasteiger partial charge in [0.1, 0.15) is 0 Å². The number of rotatable bonds is 6. The fourth-order valence-corrected chi connectivity index (χ4v) is 6.32. The van der Waals surface area contributed by atoms with Crippen molar-refractivity contribution in [2.45, 2.75) is 62.6 Å². The van der Waals surface area contributed by atoms with Gasteiger partial charge in [0.25, 0.3) is 5.91 Å². The molecule has 1 atom stereocenters. The van der Waals surface area contributed by atoms with Crippen LogP contribution < -0.4 is 5.73 Å². The second kappa shape index (κ2) is 10.6. The third-order valence-corrected chi connectivity index (χ3v) is 8.28. The number of benzene rings is 1. The third kappa shape index (κ3) is 5.10. The molecule has 202 valence electrons. The fraction of sp³-hybridized carbons (Fsp3) is 0.577. The number of halogens is 4. The summed E-state index contributed by atoms with van der Waals surface area (Å²) in [7, 11) is 0. The van der Waals surface area contributed by atoms with E-state index >= 15 is 0 Å². The maximum atomic E-state index is 13.8. The van der Waals surface area contributed by atoms with Crippen LogP contribution in [-0.2, 0) is 16.4 Å². The van der Waals surface area contributed by atoms with Gasteiger partial charge in [-0.3, -0.25) is 14.7 Å². The molecule has 3 fully saturated rings. The van der Waals surface area contributed by atoms with E-state index in [0.29, 0.717) is 56.9 Å². The highest BCUT2D eigenvalue weighted by Crippen LogP contribution is 2.57. The standard InChI is InChI=1S/C26H32F3N5O2.ClH/c27-26(28,29)20-5-2-1-4-18(20)21-6-3-13-34(21)24(36)19-16-31-32-23(19)25(10-11-25)17-8-14-33(15-9-17)22(35)7-12-30;/h1-2,4-5,16-17,21H,3,6-15,30H2,(H,31,32);1H. The molecule has 1 unspecified atom stereocenters. The van der Waals surface area contributed by atoms with Crippen LogP contribution in [0, 0.1) is 5.92 Å². The molecule has 1 saturated carbocycles. The Morgan fingerprint density at radius 1 is 1.11 bits per heavy atom. The van der Waals surface area contributed by atoms with E-state index in [1.807, 2.05) is 4.90 Å². The zero-order chi connectivity index (χ0) is 25.5. The molecule has 2 aromatic rings. The molecular weight excluding hydrogens is 507 g/mol. The Morgan fingerprint density at radius 3 is 2.46 bits per heavy atom. The lowest BCUT2D eigenvalue weighted by Crippen LogP contribution is -2.42. The number of amides is 2. The van der Waals surface area contributed by atoms with Crippen molar-refractivity contribution < 1.29 is 22.8 Å². The minimum absolute atomic E-state index is 0. The van der Waals surface area contributed by atoms with Crippen molar-refractivity contribution in [2.24, 2.45) is 11.7 Å². The maximum Gasteiger partial charge on any atom is 0.416 e. The Kier molecular flexibility index (Phi) is 7.90. The number of nitrogens with zero attached hydrogens (tertiary/aromatic N) is 3. The van der Waals surface area contributed by atoms with Crippen LogP contribution in [0.3, 0.4) is 0 Å². The summed E-state index contributed by atoms with van der Waals surface area (Å²) in [5.74, 6) is 0.129. The summed E-state index contributed by atoms with van der Waals surface area (Å²) in [4.78, 5) is 29.4. The van der Waals surface area contributed by atoms with E-state index in [2.05, 4.69) is 10.2 Å². The highest BCUT2D eigenvalue weighted by atomic mass is 35.5. The smallest absolute Gasteiger partial charge is 0.343 e. The molecule has 0 bridgehead atoms. The molecular formula is C26H33ClF3N5O2. The molecule has 2 amide bonds. The Morgan fingerprint density at radius 2 is 1.81 bits per heavy atom. The van der Waals surface area contributed by atoms with Crippen LogP contribution in [0.4, 0.5) is 13.2 Å². The zero-order valence-corrected chi connectivity index (χ0v) is 21.4. The Hall–Kier alpha value is -2.59. The van der Waals surface area contributed by atoms with Crippen molar-refractivity contribution in [2.75, 3.05) is 26.2 Å². The molecule has 1 aromatic carbocycles. The van der Waals surface area contributed by atoms with Crippen LogP contribution in [-0.4, -0.2) is 58.0 Å². The number of nitrogens with two attached hydrogens (primary N) is 1. The summed E-state index contributed by atoms with van der Waals surface area (Å²) in [6.45, 7) is 2.10. The number of aromatic nitrogens is 2. The zero-order valence-electron chi connectivity index (χ0n) is 20.6. The molecule has 1 aliphatic carbocycles. The predicted octanol–water partition coefficient (Wildman–Crippen LogP) is 4.45. The normalized spacial score (nSPS) is 21.6. The van der Waals surface area contributed by atoms with Gasteiger partial charge in [-0.15, -0.1) is 12.4 Å². The molecule has 7 nitrogen and oxygen atoms in total. The number of alkyl halides is 3. The second-order valence-corrected chi connectivity index (χ2v) is 10.3. The van der Waals surface area contributed by atoms with Gasteiger partial charge in [0.2, 0.25) is 5.91 Å². The van der Waals surface area contributed by atoms with Gasteiger partial charge in [0.15, 0.2) is 0 Å². The summed E-state index contributed by atoms with van der Waals surface area (Å²) in [5, 5.41) is 7.29. The van der Waals surface area contributed by atoms with Gasteiger partial charge in [0.05, 0.1) is 29.1 Å². The summed E-state index contributed by atoms with van der Waals surface area (Å²) in [6, 6.07) is 4.93. The molecule has 3 N–H and O–H groups in total. The molecule has 37 heavy (non-hydrogen) atoms. The van der Waals surface area contributed by atoms with Crippen molar-refractivity contribution in [3.8, 4) is 0 Å². The van der Waals surface area contributed by atoms with Crippen molar-refractivity contribution in [1.82, 2.24) is 20.0 Å². The third-order valence-electron chi connectivity index (χ3n) is 8.28. The minimum Gasteiger partial charge on any atom is -0.343 e. The van der Waals surface area contributed by atoms with Crippen molar-refractivity contribution >= 4 is 24.2 Å². The van der Waals surface area contributed by atoms with Gasteiger partial charge in [0, 0.05) is 38.0 Å². The molecule has 3 aliphatic rings. The second-order valence-electron chi connectivity index (χ2n) is 10.3. The van der Waals surface area contributed by atoms with E-state index in [4.69, 9.17) is 5.73 Å². The number of carbonyl (C=O) groups is 2. The summed E-state index contributed by atoms with van der Waals surface area (Å²) in [6.07, 6.45) is 2.08. The van der Waals surface area contributed by atoms with Crippen LogP contribution in [0.25, 0.3) is 0 Å². The Labute approximate surface area is 220 Å². The van der Waals surface area contributed by atoms with Crippen LogP contribution in [0.5, 0.6) is 0 Å². The van der Waals surface area contributed by atoms with E-state index < -0.39 is 17.8 Å². The quantitative estimate of drug-likeness (QED) is 0.567. The van der Waals surface area contributed by atoms with E-state index in [9.17, 15) is 22.8 Å². The number of nitrogens with one attached hydrogen (secondary N) is 1. The van der Waals surface area contributed by atoms with Crippen molar-refractivity contribution in [3.63, 3.8) is 0 Å². The molecule has 1 aromatic heterocycles. The van der Waals surface area contributed by atoms with Gasteiger partial charge < -0.3 is 15.5 Å². The maximum absolute atomic E-state index is 13.8. The SMILES string of the molecule is Cl.NCCC(=O)N1CCC(C2(c3[nH]ncc3C(=O)N3CCCC3c3ccccc3C(F)(F)F)CC2)CC1. The summed E-state index contributed by atoms with van der Waals surface area (Å²) >= 11 is 0. The summed E-state index contributed by atoms with van der Waals surface area (Å²) in [5.41, 5.74) is 6.07. The minimum atomic E-state index is -4.48. The van der Waals surface area contributed by atoms with Crippen molar-refractivity contribution in [3.05, 3.63) is 52.8 Å². The van der Waals surface area contributed by atoms with Crippen LogP contribution >= 0.6 is 12.4 Å². The highest BCUT2D eigenvalue weighted by molar-refractivity contribution is 5.96. The van der Waals surface area contributed by atoms with E-state index in [0.717, 1.165) is 37.4 Å². The average Bonchev–Trinajstić information content (AvgIpc) is 3.28. The first-order chi connectivity index (χ1) is 17.3. The molecule has 3 heterocycles. The Balaban J connectivity index is 0.00000320.